The van der Waals surface area contributed by atoms with Crippen LogP contribution in [0, 0.1) is 5.82 Å². The smallest absolute Gasteiger partial charge is 0.317 e. The van der Waals surface area contributed by atoms with Gasteiger partial charge in [0.1, 0.15) is 5.82 Å². The lowest BCUT2D eigenvalue weighted by Gasteiger charge is -2.18. The van der Waals surface area contributed by atoms with Gasteiger partial charge in [-0.25, -0.2) is 9.18 Å². The number of hydrogen-bond acceptors (Lipinski definition) is 3. The second-order valence-corrected chi connectivity index (χ2v) is 5.47. The Bertz CT molecular complexity index is 689. The highest BCUT2D eigenvalue weighted by Crippen LogP contribution is 2.26. The van der Waals surface area contributed by atoms with Gasteiger partial charge >= 0.3 is 6.03 Å². The van der Waals surface area contributed by atoms with Gasteiger partial charge in [0.2, 0.25) is 0 Å². The lowest BCUT2D eigenvalue weighted by Crippen LogP contribution is -2.37. The first-order valence-corrected chi connectivity index (χ1v) is 7.59. The average molecular weight is 332 g/mol. The van der Waals surface area contributed by atoms with Gasteiger partial charge in [-0.2, -0.15) is 0 Å². The Morgan fingerprint density at radius 1 is 1.21 bits per heavy atom. The highest BCUT2D eigenvalue weighted by molar-refractivity contribution is 5.73. The summed E-state index contributed by atoms with van der Waals surface area (Å²) in [5, 5.41) is 12.6. The number of rotatable bonds is 6. The second-order valence-electron chi connectivity index (χ2n) is 5.47. The number of hydrogen-bond donors (Lipinski definition) is 2. The van der Waals surface area contributed by atoms with E-state index in [1.165, 1.54) is 24.1 Å². The standard InChI is InChI=1S/C18H21FN2O3/c1-21(12-14-5-8-17(24-2)16(22)11-14)18(23)20-10-9-13-3-6-15(19)7-4-13/h3-8,11,22H,9-10,12H2,1-2H3,(H,20,23). The molecule has 0 fully saturated rings. The minimum Gasteiger partial charge on any atom is -0.504 e. The number of phenols is 1. The monoisotopic (exact) mass is 332 g/mol. The summed E-state index contributed by atoms with van der Waals surface area (Å²) in [5.74, 6) is 0.163. The summed E-state index contributed by atoms with van der Waals surface area (Å²) < 4.78 is 17.8. The molecule has 2 aromatic carbocycles. The maximum atomic E-state index is 12.8. The van der Waals surface area contributed by atoms with E-state index >= 15 is 0 Å². The molecule has 128 valence electrons. The molecular formula is C18H21FN2O3. The number of halogens is 1. The summed E-state index contributed by atoms with van der Waals surface area (Å²) in [7, 11) is 3.16. The van der Waals surface area contributed by atoms with Crippen LogP contribution in [-0.4, -0.2) is 36.7 Å². The molecule has 0 atom stereocenters. The van der Waals surface area contributed by atoms with Crippen molar-refractivity contribution < 1.29 is 19.0 Å². The molecule has 0 radical (unpaired) electrons. The first-order chi connectivity index (χ1) is 11.5. The van der Waals surface area contributed by atoms with E-state index in [0.29, 0.717) is 25.3 Å². The number of nitrogens with zero attached hydrogens (tertiary/aromatic N) is 1. The molecule has 24 heavy (non-hydrogen) atoms. The second kappa shape index (κ2) is 8.19. The minimum absolute atomic E-state index is 0.0418. The quantitative estimate of drug-likeness (QED) is 0.855. The van der Waals surface area contributed by atoms with Crippen molar-refractivity contribution in [2.24, 2.45) is 0 Å². The van der Waals surface area contributed by atoms with Crippen molar-refractivity contribution in [3.63, 3.8) is 0 Å². The zero-order chi connectivity index (χ0) is 17.5. The molecule has 0 aliphatic carbocycles. The van der Waals surface area contributed by atoms with Crippen LogP contribution in [0.3, 0.4) is 0 Å². The van der Waals surface area contributed by atoms with E-state index in [1.807, 2.05) is 0 Å². The summed E-state index contributed by atoms with van der Waals surface area (Å²) >= 11 is 0. The lowest BCUT2D eigenvalue weighted by atomic mass is 10.1. The van der Waals surface area contributed by atoms with Crippen LogP contribution in [0.5, 0.6) is 11.5 Å². The Hall–Kier alpha value is -2.76. The molecular weight excluding hydrogens is 311 g/mol. The number of ether oxygens (including phenoxy) is 1. The van der Waals surface area contributed by atoms with Crippen LogP contribution in [0.4, 0.5) is 9.18 Å². The van der Waals surface area contributed by atoms with Crippen LogP contribution >= 0.6 is 0 Å². The van der Waals surface area contributed by atoms with Crippen molar-refractivity contribution in [2.45, 2.75) is 13.0 Å². The number of methoxy groups -OCH3 is 1. The van der Waals surface area contributed by atoms with Crippen LogP contribution in [0.25, 0.3) is 0 Å². The van der Waals surface area contributed by atoms with Gasteiger partial charge in [-0.05, 0) is 41.8 Å². The third-order valence-corrected chi connectivity index (χ3v) is 3.61. The SMILES string of the molecule is COc1ccc(CN(C)C(=O)NCCc2ccc(F)cc2)cc1O. The zero-order valence-electron chi connectivity index (χ0n) is 13.8. The van der Waals surface area contributed by atoms with Gasteiger partial charge in [0.05, 0.1) is 7.11 Å². The predicted octanol–water partition coefficient (Wildman–Crippen LogP) is 2.92. The van der Waals surface area contributed by atoms with Crippen LogP contribution < -0.4 is 10.1 Å². The lowest BCUT2D eigenvalue weighted by molar-refractivity contribution is 0.207. The van der Waals surface area contributed by atoms with Crippen molar-refractivity contribution in [2.75, 3.05) is 20.7 Å². The van der Waals surface area contributed by atoms with E-state index in [4.69, 9.17) is 4.74 Å². The summed E-state index contributed by atoms with van der Waals surface area (Å²) in [6, 6.07) is 11.0. The molecule has 2 aromatic rings. The van der Waals surface area contributed by atoms with Crippen molar-refractivity contribution >= 4 is 6.03 Å². The van der Waals surface area contributed by atoms with Crippen molar-refractivity contribution in [1.29, 1.82) is 0 Å². The van der Waals surface area contributed by atoms with Crippen LogP contribution in [0.1, 0.15) is 11.1 Å². The number of phenolic OH excluding ortho intramolecular Hbond substituents is 1. The first kappa shape index (κ1) is 17.6. The maximum absolute atomic E-state index is 12.8. The molecule has 0 spiro atoms. The molecule has 0 aliphatic heterocycles. The van der Waals surface area contributed by atoms with E-state index in [2.05, 4.69) is 5.32 Å². The van der Waals surface area contributed by atoms with Gasteiger partial charge in [0.15, 0.2) is 11.5 Å². The Morgan fingerprint density at radius 2 is 1.88 bits per heavy atom. The molecule has 2 N–H and O–H groups in total. The Labute approximate surface area is 140 Å². The molecule has 2 amide bonds. The molecule has 0 saturated carbocycles. The van der Waals surface area contributed by atoms with Gasteiger partial charge in [-0.1, -0.05) is 18.2 Å². The fourth-order valence-electron chi connectivity index (χ4n) is 2.28. The van der Waals surface area contributed by atoms with E-state index in [0.717, 1.165) is 11.1 Å². The number of benzene rings is 2. The van der Waals surface area contributed by atoms with Crippen LogP contribution in [0.2, 0.25) is 0 Å². The molecule has 2 rings (SSSR count). The summed E-state index contributed by atoms with van der Waals surface area (Å²) in [5.41, 5.74) is 1.75. The molecule has 0 bridgehead atoms. The topological polar surface area (TPSA) is 61.8 Å². The minimum atomic E-state index is -0.273. The van der Waals surface area contributed by atoms with Crippen LogP contribution in [-0.2, 0) is 13.0 Å². The number of urea groups is 1. The third-order valence-electron chi connectivity index (χ3n) is 3.61. The molecule has 0 aromatic heterocycles. The molecule has 6 heteroatoms. The van der Waals surface area contributed by atoms with Gasteiger partial charge < -0.3 is 20.1 Å². The normalized spacial score (nSPS) is 10.3. The average Bonchev–Trinajstić information content (AvgIpc) is 2.56. The molecule has 0 aliphatic rings. The summed E-state index contributed by atoms with van der Waals surface area (Å²) in [6.45, 7) is 0.822. The van der Waals surface area contributed by atoms with Crippen molar-refractivity contribution in [1.82, 2.24) is 10.2 Å². The highest BCUT2D eigenvalue weighted by atomic mass is 19.1. The number of nitrogens with one attached hydrogen (secondary N) is 1. The molecule has 0 saturated heterocycles. The van der Waals surface area contributed by atoms with E-state index in [-0.39, 0.29) is 17.6 Å². The molecule has 0 unspecified atom stereocenters. The molecule has 5 nitrogen and oxygen atoms in total. The fourth-order valence-corrected chi connectivity index (χ4v) is 2.28. The fraction of sp³-hybridized carbons (Fsp3) is 0.278. The van der Waals surface area contributed by atoms with E-state index in [9.17, 15) is 14.3 Å². The van der Waals surface area contributed by atoms with Gasteiger partial charge in [-0.3, -0.25) is 0 Å². The summed E-state index contributed by atoms with van der Waals surface area (Å²) in [6.07, 6.45) is 0.628. The zero-order valence-corrected chi connectivity index (χ0v) is 13.8. The third kappa shape index (κ3) is 4.87. The maximum Gasteiger partial charge on any atom is 0.317 e. The molecule has 0 heterocycles. The number of aromatic hydroxyl groups is 1. The van der Waals surface area contributed by atoms with Crippen LogP contribution in [0.15, 0.2) is 42.5 Å². The van der Waals surface area contributed by atoms with Gasteiger partial charge in [0.25, 0.3) is 0 Å². The Kier molecular flexibility index (Phi) is 6.01. The first-order valence-electron chi connectivity index (χ1n) is 7.59. The largest absolute Gasteiger partial charge is 0.504 e. The van der Waals surface area contributed by atoms with Crippen molar-refractivity contribution in [3.8, 4) is 11.5 Å². The number of carbonyl (C=O) groups excluding carboxylic acids is 1. The summed E-state index contributed by atoms with van der Waals surface area (Å²) in [4.78, 5) is 13.6. The highest BCUT2D eigenvalue weighted by Gasteiger charge is 2.10. The van der Waals surface area contributed by atoms with Gasteiger partial charge in [-0.15, -0.1) is 0 Å². The van der Waals surface area contributed by atoms with Gasteiger partial charge in [0, 0.05) is 20.1 Å². The number of carbonyl (C=O) groups is 1. The number of amides is 2. The Balaban J connectivity index is 1.81. The Morgan fingerprint density at radius 3 is 2.50 bits per heavy atom. The van der Waals surface area contributed by atoms with Crippen molar-refractivity contribution in [3.05, 3.63) is 59.4 Å². The van der Waals surface area contributed by atoms with E-state index in [1.54, 1.807) is 37.4 Å². The predicted molar refractivity (Wildman–Crippen MR) is 89.6 cm³/mol. The van der Waals surface area contributed by atoms with E-state index < -0.39 is 0 Å².